The van der Waals surface area contributed by atoms with Crippen LogP contribution in [0.15, 0.2) is 67.1 Å². The first kappa shape index (κ1) is 20.5. The van der Waals surface area contributed by atoms with Crippen LogP contribution >= 0.6 is 0 Å². The van der Waals surface area contributed by atoms with Gasteiger partial charge in [0.25, 0.3) is 0 Å². The van der Waals surface area contributed by atoms with Crippen molar-refractivity contribution in [3.8, 4) is 28.8 Å². The van der Waals surface area contributed by atoms with E-state index in [1.807, 2.05) is 28.7 Å². The molecule has 3 heterocycles. The smallest absolute Gasteiger partial charge is 0.414 e. The third kappa shape index (κ3) is 4.19. The molecule has 1 saturated heterocycles. The van der Waals surface area contributed by atoms with Crippen LogP contribution in [0.25, 0.3) is 16.9 Å². The van der Waals surface area contributed by atoms with Crippen molar-refractivity contribution in [2.45, 2.75) is 6.61 Å². The highest BCUT2D eigenvalue weighted by Crippen LogP contribution is 2.25. The van der Waals surface area contributed by atoms with E-state index in [0.29, 0.717) is 24.5 Å². The van der Waals surface area contributed by atoms with Crippen LogP contribution in [0.2, 0.25) is 0 Å². The zero-order chi connectivity index (χ0) is 22.8. The summed E-state index contributed by atoms with van der Waals surface area (Å²) in [7, 11) is 0. The number of carbonyl (C=O) groups is 1. The Morgan fingerprint density at radius 1 is 1.06 bits per heavy atom. The van der Waals surface area contributed by atoms with E-state index >= 15 is 0 Å². The van der Waals surface area contributed by atoms with Crippen molar-refractivity contribution in [2.24, 2.45) is 0 Å². The van der Waals surface area contributed by atoms with Crippen molar-refractivity contribution >= 4 is 17.4 Å². The second-order valence-electron chi connectivity index (χ2n) is 7.08. The van der Waals surface area contributed by atoms with E-state index in [2.05, 4.69) is 26.5 Å². The van der Waals surface area contributed by atoms with Gasteiger partial charge in [-0.1, -0.05) is 5.92 Å². The molecule has 0 atom stereocenters. The minimum atomic E-state index is -2.87. The van der Waals surface area contributed by atoms with Gasteiger partial charge >= 0.3 is 12.7 Å². The largest absolute Gasteiger partial charge is 0.447 e. The summed E-state index contributed by atoms with van der Waals surface area (Å²) >= 11 is 0. The van der Waals surface area contributed by atoms with Gasteiger partial charge in [-0.3, -0.25) is 9.30 Å². The van der Waals surface area contributed by atoms with E-state index in [1.54, 1.807) is 35.6 Å². The van der Waals surface area contributed by atoms with Gasteiger partial charge in [0.1, 0.15) is 12.4 Å². The summed E-state index contributed by atoms with van der Waals surface area (Å²) in [5.41, 5.74) is 4.13. The third-order valence-electron chi connectivity index (χ3n) is 5.07. The molecule has 0 bridgehead atoms. The molecule has 7 nitrogen and oxygen atoms in total. The predicted octanol–water partition coefficient (Wildman–Crippen LogP) is 4.60. The number of fused-ring (bicyclic) bond motifs is 1. The average Bonchev–Trinajstić information content (AvgIpc) is 3.45. The van der Waals surface area contributed by atoms with Crippen molar-refractivity contribution in [3.63, 3.8) is 0 Å². The maximum absolute atomic E-state index is 12.4. The molecule has 2 aromatic carbocycles. The quantitative estimate of drug-likeness (QED) is 0.427. The van der Waals surface area contributed by atoms with Crippen LogP contribution in [-0.4, -0.2) is 40.2 Å². The lowest BCUT2D eigenvalue weighted by Crippen LogP contribution is -2.23. The highest BCUT2D eigenvalue weighted by molar-refractivity contribution is 5.89. The van der Waals surface area contributed by atoms with E-state index in [1.165, 1.54) is 12.1 Å². The summed E-state index contributed by atoms with van der Waals surface area (Å²) in [5, 5.41) is 0. The Kier molecular flexibility index (Phi) is 5.32. The van der Waals surface area contributed by atoms with Crippen molar-refractivity contribution in [2.75, 3.05) is 18.1 Å². The number of anilines is 1. The fourth-order valence-corrected chi connectivity index (χ4v) is 3.51. The minimum absolute atomic E-state index is 0. The number of hydrogen-bond acceptors (Lipinski definition) is 5. The number of aromatic nitrogens is 3. The Morgan fingerprint density at radius 2 is 1.85 bits per heavy atom. The Morgan fingerprint density at radius 3 is 2.55 bits per heavy atom. The average molecular weight is 448 g/mol. The first-order valence-electron chi connectivity index (χ1n) is 10.0. The zero-order valence-corrected chi connectivity index (χ0v) is 17.1. The predicted molar refractivity (Wildman–Crippen MR) is 118 cm³/mol. The number of carbonyl (C=O) groups excluding carboxylic acids is 1. The van der Waals surface area contributed by atoms with Crippen molar-refractivity contribution in [1.82, 2.24) is 14.4 Å². The Hall–Kier alpha value is -4.45. The van der Waals surface area contributed by atoms with Gasteiger partial charge in [-0.05, 0) is 54.5 Å². The Bertz CT molecular complexity index is 1380. The van der Waals surface area contributed by atoms with Gasteiger partial charge in [-0.15, -0.1) is 0 Å². The van der Waals surface area contributed by atoms with Crippen LogP contribution in [0.1, 0.15) is 12.7 Å². The van der Waals surface area contributed by atoms with Gasteiger partial charge in [-0.25, -0.2) is 14.8 Å². The van der Waals surface area contributed by atoms with Crippen LogP contribution in [0.5, 0.6) is 5.75 Å². The summed E-state index contributed by atoms with van der Waals surface area (Å²) in [4.78, 5) is 22.0. The molecule has 1 fully saturated rings. The molecule has 0 spiro atoms. The lowest BCUT2D eigenvalue weighted by Gasteiger charge is -2.11. The van der Waals surface area contributed by atoms with E-state index in [0.717, 1.165) is 22.5 Å². The molecule has 0 saturated carbocycles. The lowest BCUT2D eigenvalue weighted by molar-refractivity contribution is -0.0498. The molecule has 5 rings (SSSR count). The Labute approximate surface area is 188 Å². The number of hydrogen-bond donors (Lipinski definition) is 0. The van der Waals surface area contributed by atoms with Gasteiger partial charge in [0.05, 0.1) is 18.4 Å². The van der Waals surface area contributed by atoms with E-state index in [-0.39, 0.29) is 13.3 Å². The summed E-state index contributed by atoms with van der Waals surface area (Å²) in [6, 6.07) is 13.6. The minimum Gasteiger partial charge on any atom is -0.447 e. The topological polar surface area (TPSA) is 69.0 Å². The highest BCUT2D eigenvalue weighted by Gasteiger charge is 2.23. The molecule has 4 aromatic rings. The van der Waals surface area contributed by atoms with Crippen LogP contribution in [-0.2, 0) is 4.74 Å². The number of benzene rings is 2. The molecular formula is C24H18F2N4O3. The SMILES string of the molecule is O=C1OCCN1c1ccc(C#Cc2nccn3c(-c4ccc(OC(F)F)cc4)cnc23)cc1.[HH]. The number of cyclic esters (lactones) is 1. The van der Waals surface area contributed by atoms with Crippen LogP contribution in [0.3, 0.4) is 0 Å². The van der Waals surface area contributed by atoms with Gasteiger partial charge < -0.3 is 9.47 Å². The summed E-state index contributed by atoms with van der Waals surface area (Å²) < 4.78 is 35.9. The number of nitrogens with zero attached hydrogens (tertiary/aromatic N) is 4. The van der Waals surface area contributed by atoms with Gasteiger partial charge in [0.2, 0.25) is 0 Å². The van der Waals surface area contributed by atoms with Gasteiger partial charge in [0.15, 0.2) is 11.3 Å². The molecule has 2 aromatic heterocycles. The molecule has 166 valence electrons. The number of alkyl halides is 2. The molecule has 0 N–H and O–H groups in total. The standard InChI is InChI=1S/C24H16F2N4O3.H2/c25-23(26)33-19-8-4-17(5-9-19)21-15-28-22-20(27-11-12-30(21)22)10-3-16-1-6-18(7-2-16)29-13-14-32-24(29)31;/h1-2,4-9,11-12,15,23H,13-14H2;1H. The number of amides is 1. The molecule has 1 aliphatic rings. The molecule has 9 heteroatoms. The number of imidazole rings is 1. The lowest BCUT2D eigenvalue weighted by atomic mass is 10.1. The fraction of sp³-hybridized carbons (Fsp3) is 0.125. The van der Waals surface area contributed by atoms with Crippen molar-refractivity contribution in [3.05, 3.63) is 78.4 Å². The van der Waals surface area contributed by atoms with E-state index in [4.69, 9.17) is 4.74 Å². The number of halogens is 2. The van der Waals surface area contributed by atoms with E-state index in [9.17, 15) is 13.6 Å². The number of rotatable bonds is 4. The third-order valence-corrected chi connectivity index (χ3v) is 5.07. The second-order valence-corrected chi connectivity index (χ2v) is 7.08. The van der Waals surface area contributed by atoms with Crippen molar-refractivity contribution < 1.29 is 24.5 Å². The first-order valence-corrected chi connectivity index (χ1v) is 10.0. The normalized spacial score (nSPS) is 13.2. The monoisotopic (exact) mass is 448 g/mol. The van der Waals surface area contributed by atoms with Gasteiger partial charge in [-0.2, -0.15) is 8.78 Å². The molecule has 0 unspecified atom stereocenters. The summed E-state index contributed by atoms with van der Waals surface area (Å²) in [5.74, 6) is 6.20. The molecule has 1 amide bonds. The van der Waals surface area contributed by atoms with Gasteiger partial charge in [0, 0.05) is 30.6 Å². The molecular weight excluding hydrogens is 430 g/mol. The number of ether oxygens (including phenoxy) is 2. The first-order chi connectivity index (χ1) is 16.1. The molecule has 0 aliphatic carbocycles. The summed E-state index contributed by atoms with van der Waals surface area (Å²) in [6.07, 6.45) is 4.71. The summed E-state index contributed by atoms with van der Waals surface area (Å²) in [6.45, 7) is -1.96. The fourth-order valence-electron chi connectivity index (χ4n) is 3.51. The van der Waals surface area contributed by atoms with Crippen molar-refractivity contribution in [1.29, 1.82) is 0 Å². The maximum atomic E-state index is 12.4. The van der Waals surface area contributed by atoms with Crippen LogP contribution in [0.4, 0.5) is 19.3 Å². The van der Waals surface area contributed by atoms with E-state index < -0.39 is 6.61 Å². The Balaban J connectivity index is 0.00000274. The molecule has 1 aliphatic heterocycles. The van der Waals surface area contributed by atoms with Crippen LogP contribution < -0.4 is 9.64 Å². The maximum Gasteiger partial charge on any atom is 0.414 e. The van der Waals surface area contributed by atoms with Crippen LogP contribution in [0, 0.1) is 11.8 Å². The zero-order valence-electron chi connectivity index (χ0n) is 17.1. The molecule has 33 heavy (non-hydrogen) atoms. The second kappa shape index (κ2) is 8.59. The highest BCUT2D eigenvalue weighted by atomic mass is 19.3. The molecule has 0 radical (unpaired) electrons.